The summed E-state index contributed by atoms with van der Waals surface area (Å²) in [4.78, 5) is 0. The summed E-state index contributed by atoms with van der Waals surface area (Å²) in [6.07, 6.45) is 0.447. The van der Waals surface area contributed by atoms with E-state index in [0.29, 0.717) is 19.6 Å². The molecule has 2 aliphatic rings. The van der Waals surface area contributed by atoms with Gasteiger partial charge < -0.3 is 34.3 Å². The molecule has 0 bridgehead atoms. The Morgan fingerprint density at radius 1 is 1.17 bits per heavy atom. The number of hydrogen-bond acceptors (Lipinski definition) is 7. The summed E-state index contributed by atoms with van der Waals surface area (Å²) in [6, 6.07) is 0. The van der Waals surface area contributed by atoms with Crippen molar-refractivity contribution in [1.82, 2.24) is 0 Å². The number of aliphatic hydroxyl groups excluding tert-OH is 3. The van der Waals surface area contributed by atoms with Gasteiger partial charge in [-0.15, -0.1) is 0 Å². The van der Waals surface area contributed by atoms with Gasteiger partial charge in [0.25, 0.3) is 0 Å². The molecule has 0 amide bonds. The van der Waals surface area contributed by atoms with Gasteiger partial charge in [-0.05, 0) is 19.3 Å². The van der Waals surface area contributed by atoms with Crippen LogP contribution in [-0.4, -0.2) is 72.1 Å². The third-order valence-corrected chi connectivity index (χ3v) is 4.27. The third-order valence-electron chi connectivity index (χ3n) is 4.27. The van der Waals surface area contributed by atoms with Crippen LogP contribution in [0.5, 0.6) is 0 Å². The molecule has 23 heavy (non-hydrogen) atoms. The predicted molar refractivity (Wildman–Crippen MR) is 81.7 cm³/mol. The van der Waals surface area contributed by atoms with Gasteiger partial charge >= 0.3 is 0 Å². The summed E-state index contributed by atoms with van der Waals surface area (Å²) in [6.45, 7) is 2.91. The van der Waals surface area contributed by atoms with Crippen LogP contribution in [0.15, 0.2) is 0 Å². The SMILES string of the molecule is CCCCCO[C@H]1C[C@@H](O)[C@H](O[C@H]2OCCC[C@H]2O)[C@@H](CO)O1. The minimum atomic E-state index is -0.838. The fraction of sp³-hybridized carbons (Fsp3) is 1.00. The van der Waals surface area contributed by atoms with Crippen molar-refractivity contribution in [2.45, 2.75) is 82.4 Å². The first kappa shape index (κ1) is 19.1. The second-order valence-corrected chi connectivity index (χ2v) is 6.22. The summed E-state index contributed by atoms with van der Waals surface area (Å²) in [7, 11) is 0. The van der Waals surface area contributed by atoms with Crippen LogP contribution >= 0.6 is 0 Å². The van der Waals surface area contributed by atoms with E-state index in [4.69, 9.17) is 18.9 Å². The lowest BCUT2D eigenvalue weighted by molar-refractivity contribution is -0.311. The molecule has 0 saturated carbocycles. The smallest absolute Gasteiger partial charge is 0.183 e. The molecule has 0 radical (unpaired) electrons. The molecule has 0 aliphatic carbocycles. The Morgan fingerprint density at radius 3 is 2.70 bits per heavy atom. The van der Waals surface area contributed by atoms with Crippen LogP contribution in [0.4, 0.5) is 0 Å². The monoisotopic (exact) mass is 334 g/mol. The highest BCUT2D eigenvalue weighted by Gasteiger charge is 2.41. The molecule has 0 aromatic rings. The molecule has 3 N–H and O–H groups in total. The van der Waals surface area contributed by atoms with Crippen LogP contribution in [0, 0.1) is 0 Å². The third kappa shape index (κ3) is 5.63. The average molecular weight is 334 g/mol. The van der Waals surface area contributed by atoms with Crippen LogP contribution < -0.4 is 0 Å². The highest BCUT2D eigenvalue weighted by molar-refractivity contribution is 4.85. The van der Waals surface area contributed by atoms with E-state index < -0.39 is 37.0 Å². The van der Waals surface area contributed by atoms with E-state index in [-0.39, 0.29) is 13.0 Å². The second-order valence-electron chi connectivity index (χ2n) is 6.22. The van der Waals surface area contributed by atoms with Gasteiger partial charge in [0.1, 0.15) is 18.3 Å². The Morgan fingerprint density at radius 2 is 2.00 bits per heavy atom. The van der Waals surface area contributed by atoms with Crippen LogP contribution in [0.2, 0.25) is 0 Å². The van der Waals surface area contributed by atoms with Gasteiger partial charge in [-0.2, -0.15) is 0 Å². The van der Waals surface area contributed by atoms with Gasteiger partial charge in [0.2, 0.25) is 0 Å². The highest BCUT2D eigenvalue weighted by atomic mass is 16.7. The fourth-order valence-corrected chi connectivity index (χ4v) is 2.93. The van der Waals surface area contributed by atoms with E-state index in [9.17, 15) is 15.3 Å². The summed E-state index contributed by atoms with van der Waals surface area (Å²) < 4.78 is 22.4. The van der Waals surface area contributed by atoms with Gasteiger partial charge in [0.15, 0.2) is 12.6 Å². The van der Waals surface area contributed by atoms with Gasteiger partial charge in [-0.1, -0.05) is 19.8 Å². The maximum Gasteiger partial charge on any atom is 0.183 e. The van der Waals surface area contributed by atoms with E-state index in [1.807, 2.05) is 0 Å². The van der Waals surface area contributed by atoms with Crippen molar-refractivity contribution >= 4 is 0 Å². The average Bonchev–Trinajstić information content (AvgIpc) is 2.55. The molecule has 2 rings (SSSR count). The maximum absolute atomic E-state index is 10.3. The molecule has 2 heterocycles. The lowest BCUT2D eigenvalue weighted by Gasteiger charge is -2.41. The predicted octanol–water partition coefficient (Wildman–Crippen LogP) is 0.544. The molecule has 136 valence electrons. The normalized spacial score (nSPS) is 38.6. The van der Waals surface area contributed by atoms with E-state index in [1.54, 1.807) is 0 Å². The zero-order valence-corrected chi connectivity index (χ0v) is 13.8. The number of aliphatic hydroxyl groups is 3. The first-order chi connectivity index (χ1) is 11.2. The molecular formula is C16H30O7. The van der Waals surface area contributed by atoms with Crippen LogP contribution in [0.3, 0.4) is 0 Å². The van der Waals surface area contributed by atoms with Gasteiger partial charge in [-0.3, -0.25) is 0 Å². The molecule has 0 aromatic heterocycles. The highest BCUT2D eigenvalue weighted by Crippen LogP contribution is 2.27. The molecule has 0 aromatic carbocycles. The van der Waals surface area contributed by atoms with E-state index in [2.05, 4.69) is 6.92 Å². The Labute approximate surface area is 137 Å². The molecule has 0 spiro atoms. The van der Waals surface area contributed by atoms with Gasteiger partial charge in [0.05, 0.1) is 12.7 Å². The number of unbranched alkanes of at least 4 members (excludes halogenated alkanes) is 2. The largest absolute Gasteiger partial charge is 0.394 e. The Kier molecular flexibility index (Phi) is 8.18. The summed E-state index contributed by atoms with van der Waals surface area (Å²) >= 11 is 0. The van der Waals surface area contributed by atoms with Crippen LogP contribution in [-0.2, 0) is 18.9 Å². The Hall–Kier alpha value is -0.280. The van der Waals surface area contributed by atoms with E-state index in [0.717, 1.165) is 25.7 Å². The van der Waals surface area contributed by atoms with Crippen molar-refractivity contribution in [3.05, 3.63) is 0 Å². The van der Waals surface area contributed by atoms with E-state index in [1.165, 1.54) is 0 Å². The summed E-state index contributed by atoms with van der Waals surface area (Å²) in [5.41, 5.74) is 0. The molecule has 2 aliphatic heterocycles. The zero-order valence-electron chi connectivity index (χ0n) is 13.8. The first-order valence-corrected chi connectivity index (χ1v) is 8.66. The van der Waals surface area contributed by atoms with Crippen molar-refractivity contribution in [2.24, 2.45) is 0 Å². The lowest BCUT2D eigenvalue weighted by atomic mass is 10.0. The Balaban J connectivity index is 1.84. The number of hydrogen-bond donors (Lipinski definition) is 3. The number of ether oxygens (including phenoxy) is 4. The van der Waals surface area contributed by atoms with Crippen LogP contribution in [0.1, 0.15) is 45.4 Å². The molecule has 7 heteroatoms. The van der Waals surface area contributed by atoms with Crippen molar-refractivity contribution in [3.8, 4) is 0 Å². The van der Waals surface area contributed by atoms with Gasteiger partial charge in [0, 0.05) is 19.6 Å². The summed E-state index contributed by atoms with van der Waals surface area (Å²) in [5.74, 6) is 0. The van der Waals surface area contributed by atoms with E-state index >= 15 is 0 Å². The first-order valence-electron chi connectivity index (χ1n) is 8.66. The minimum absolute atomic E-state index is 0.274. The zero-order chi connectivity index (χ0) is 16.7. The van der Waals surface area contributed by atoms with Crippen molar-refractivity contribution in [1.29, 1.82) is 0 Å². The van der Waals surface area contributed by atoms with Crippen molar-refractivity contribution < 1.29 is 34.3 Å². The molecular weight excluding hydrogens is 304 g/mol. The summed E-state index contributed by atoms with van der Waals surface area (Å²) in [5, 5.41) is 29.8. The second kappa shape index (κ2) is 9.88. The molecule has 0 unspecified atom stereocenters. The van der Waals surface area contributed by atoms with Crippen molar-refractivity contribution in [3.63, 3.8) is 0 Å². The quantitative estimate of drug-likeness (QED) is 0.558. The van der Waals surface area contributed by atoms with Gasteiger partial charge in [-0.25, -0.2) is 0 Å². The van der Waals surface area contributed by atoms with Crippen molar-refractivity contribution in [2.75, 3.05) is 19.8 Å². The lowest BCUT2D eigenvalue weighted by Crippen LogP contribution is -2.54. The number of rotatable bonds is 8. The topological polar surface area (TPSA) is 97.6 Å². The standard InChI is InChI=1S/C16H30O7/c1-2-3-4-7-20-14-9-12(19)15(13(10-17)22-14)23-16-11(18)6-5-8-21-16/h11-19H,2-10H2,1H3/t11-,12-,13-,14-,15+,16-/m1/s1. The fourth-order valence-electron chi connectivity index (χ4n) is 2.93. The molecule has 2 saturated heterocycles. The Bertz CT molecular complexity index is 328. The maximum atomic E-state index is 10.3. The minimum Gasteiger partial charge on any atom is -0.394 e. The van der Waals surface area contributed by atoms with Crippen LogP contribution in [0.25, 0.3) is 0 Å². The molecule has 2 fully saturated rings. The molecule has 6 atom stereocenters. The molecule has 7 nitrogen and oxygen atoms in total.